The number of aliphatic carboxylic acids is 1. The molecule has 1 fully saturated rings. The Labute approximate surface area is 108 Å². The van der Waals surface area contributed by atoms with Crippen molar-refractivity contribution in [1.82, 2.24) is 5.32 Å². The minimum Gasteiger partial charge on any atom is -0.481 e. The van der Waals surface area contributed by atoms with Crippen LogP contribution in [0.25, 0.3) is 0 Å². The molecule has 4 nitrogen and oxygen atoms in total. The maximum atomic E-state index is 11.0. The molecule has 1 aromatic rings. The fraction of sp³-hybridized carbons (Fsp3) is 0.500. The van der Waals surface area contributed by atoms with Crippen LogP contribution >= 0.6 is 0 Å². The van der Waals surface area contributed by atoms with Crippen LogP contribution in [0.4, 0.5) is 5.69 Å². The fourth-order valence-electron chi connectivity index (χ4n) is 2.73. The summed E-state index contributed by atoms with van der Waals surface area (Å²) in [5.41, 5.74) is 1.01. The number of piperazine rings is 1. The number of carboxylic acid groups (broad SMARTS) is 1. The lowest BCUT2D eigenvalue weighted by atomic mass is 9.93. The second-order valence-corrected chi connectivity index (χ2v) is 5.40. The summed E-state index contributed by atoms with van der Waals surface area (Å²) in [5.74, 6) is -0.750. The highest BCUT2D eigenvalue weighted by Crippen LogP contribution is 2.29. The molecule has 0 aromatic heterocycles. The predicted molar refractivity (Wildman–Crippen MR) is 71.9 cm³/mol. The zero-order valence-corrected chi connectivity index (χ0v) is 10.9. The van der Waals surface area contributed by atoms with Crippen molar-refractivity contribution in [3.8, 4) is 0 Å². The highest BCUT2D eigenvalue weighted by Gasteiger charge is 2.37. The standard InChI is InChI=1S/C14H20N2O2/c1-14(2)10-15-9-12(8-13(17)18)16(14)11-6-4-3-5-7-11/h3-7,12,15H,8-10H2,1-2H3,(H,17,18). The normalized spacial score (nSPS) is 22.8. The van der Waals surface area contributed by atoms with Gasteiger partial charge >= 0.3 is 5.97 Å². The van der Waals surface area contributed by atoms with E-state index in [1.807, 2.05) is 30.3 Å². The van der Waals surface area contributed by atoms with Crippen LogP contribution < -0.4 is 10.2 Å². The number of nitrogens with one attached hydrogen (secondary N) is 1. The molecule has 2 rings (SSSR count). The van der Waals surface area contributed by atoms with Crippen molar-refractivity contribution >= 4 is 11.7 Å². The van der Waals surface area contributed by atoms with E-state index in [2.05, 4.69) is 24.1 Å². The van der Waals surface area contributed by atoms with Gasteiger partial charge in [-0.25, -0.2) is 0 Å². The van der Waals surface area contributed by atoms with Crippen LogP contribution in [-0.4, -0.2) is 35.7 Å². The van der Waals surface area contributed by atoms with Crippen molar-refractivity contribution < 1.29 is 9.90 Å². The molecule has 1 aliphatic heterocycles. The third-order valence-corrected chi connectivity index (χ3v) is 3.40. The maximum Gasteiger partial charge on any atom is 0.305 e. The van der Waals surface area contributed by atoms with E-state index in [0.29, 0.717) is 6.54 Å². The zero-order valence-electron chi connectivity index (χ0n) is 10.9. The first-order chi connectivity index (χ1) is 8.50. The number of carbonyl (C=O) groups is 1. The van der Waals surface area contributed by atoms with E-state index in [1.54, 1.807) is 0 Å². The third-order valence-electron chi connectivity index (χ3n) is 3.40. The van der Waals surface area contributed by atoms with Crippen LogP contribution in [0.5, 0.6) is 0 Å². The summed E-state index contributed by atoms with van der Waals surface area (Å²) in [4.78, 5) is 13.2. The van der Waals surface area contributed by atoms with Gasteiger partial charge in [-0.1, -0.05) is 18.2 Å². The zero-order chi connectivity index (χ0) is 13.2. The maximum absolute atomic E-state index is 11.0. The van der Waals surface area contributed by atoms with Gasteiger partial charge in [0, 0.05) is 24.3 Å². The molecule has 0 spiro atoms. The van der Waals surface area contributed by atoms with Gasteiger partial charge < -0.3 is 15.3 Å². The fourth-order valence-corrected chi connectivity index (χ4v) is 2.73. The Balaban J connectivity index is 2.31. The molecule has 1 aromatic carbocycles. The number of nitrogens with zero attached hydrogens (tertiary/aromatic N) is 1. The van der Waals surface area contributed by atoms with E-state index in [-0.39, 0.29) is 18.0 Å². The SMILES string of the molecule is CC1(C)CNCC(CC(=O)O)N1c1ccccc1. The molecule has 4 heteroatoms. The highest BCUT2D eigenvalue weighted by molar-refractivity contribution is 5.69. The van der Waals surface area contributed by atoms with Crippen LogP contribution in [0.2, 0.25) is 0 Å². The smallest absolute Gasteiger partial charge is 0.305 e. The third kappa shape index (κ3) is 2.64. The Morgan fingerprint density at radius 3 is 2.72 bits per heavy atom. The Morgan fingerprint density at radius 2 is 2.11 bits per heavy atom. The largest absolute Gasteiger partial charge is 0.481 e. The molecule has 1 heterocycles. The lowest BCUT2D eigenvalue weighted by Gasteiger charge is -2.49. The van der Waals surface area contributed by atoms with Crippen LogP contribution in [0.3, 0.4) is 0 Å². The average Bonchev–Trinajstić information content (AvgIpc) is 2.28. The summed E-state index contributed by atoms with van der Waals surface area (Å²) < 4.78 is 0. The topological polar surface area (TPSA) is 52.6 Å². The van der Waals surface area contributed by atoms with Crippen molar-refractivity contribution in [3.05, 3.63) is 30.3 Å². The molecular weight excluding hydrogens is 228 g/mol. The first kappa shape index (κ1) is 12.9. The molecule has 18 heavy (non-hydrogen) atoms. The Hall–Kier alpha value is -1.55. The minimum absolute atomic E-state index is 0.00588. The minimum atomic E-state index is -0.750. The van der Waals surface area contributed by atoms with Gasteiger partial charge in [0.2, 0.25) is 0 Å². The molecular formula is C14H20N2O2. The van der Waals surface area contributed by atoms with Gasteiger partial charge in [0.15, 0.2) is 0 Å². The summed E-state index contributed by atoms with van der Waals surface area (Å²) in [5, 5.41) is 12.4. The van der Waals surface area contributed by atoms with Gasteiger partial charge in [0.05, 0.1) is 12.5 Å². The molecule has 1 unspecified atom stereocenters. The van der Waals surface area contributed by atoms with Crippen LogP contribution in [0.1, 0.15) is 20.3 Å². The summed E-state index contributed by atoms with van der Waals surface area (Å²) >= 11 is 0. The number of hydrogen-bond donors (Lipinski definition) is 2. The molecule has 0 saturated carbocycles. The van der Waals surface area contributed by atoms with E-state index >= 15 is 0 Å². The van der Waals surface area contributed by atoms with Crippen molar-refractivity contribution in [3.63, 3.8) is 0 Å². The molecule has 0 amide bonds. The molecule has 1 aliphatic rings. The Kier molecular flexibility index (Phi) is 3.57. The molecule has 2 N–H and O–H groups in total. The molecule has 0 radical (unpaired) electrons. The van der Waals surface area contributed by atoms with Crippen LogP contribution in [0.15, 0.2) is 30.3 Å². The summed E-state index contributed by atoms with van der Waals surface area (Å²) in [6.45, 7) is 5.85. The number of hydrogen-bond acceptors (Lipinski definition) is 3. The van der Waals surface area contributed by atoms with Gasteiger partial charge in [-0.3, -0.25) is 4.79 Å². The van der Waals surface area contributed by atoms with Crippen LogP contribution in [-0.2, 0) is 4.79 Å². The lowest BCUT2D eigenvalue weighted by molar-refractivity contribution is -0.137. The van der Waals surface area contributed by atoms with E-state index in [4.69, 9.17) is 5.11 Å². The summed E-state index contributed by atoms with van der Waals surface area (Å²) in [6.07, 6.45) is 0.158. The number of anilines is 1. The van der Waals surface area contributed by atoms with E-state index in [9.17, 15) is 4.79 Å². The average molecular weight is 248 g/mol. The van der Waals surface area contributed by atoms with Gasteiger partial charge in [-0.15, -0.1) is 0 Å². The van der Waals surface area contributed by atoms with Gasteiger partial charge in [0.1, 0.15) is 0 Å². The molecule has 1 saturated heterocycles. The highest BCUT2D eigenvalue weighted by atomic mass is 16.4. The monoisotopic (exact) mass is 248 g/mol. The number of para-hydroxylation sites is 1. The number of carboxylic acids is 1. The first-order valence-electron chi connectivity index (χ1n) is 6.27. The number of benzene rings is 1. The molecule has 1 atom stereocenters. The van der Waals surface area contributed by atoms with Gasteiger partial charge in [-0.2, -0.15) is 0 Å². The van der Waals surface area contributed by atoms with Crippen LogP contribution in [0, 0.1) is 0 Å². The molecule has 98 valence electrons. The molecule has 0 aliphatic carbocycles. The predicted octanol–water partition coefficient (Wildman–Crippen LogP) is 1.72. The Bertz CT molecular complexity index is 417. The van der Waals surface area contributed by atoms with Crippen molar-refractivity contribution in [2.45, 2.75) is 31.8 Å². The van der Waals surface area contributed by atoms with Gasteiger partial charge in [0.25, 0.3) is 0 Å². The Morgan fingerprint density at radius 1 is 1.44 bits per heavy atom. The summed E-state index contributed by atoms with van der Waals surface area (Å²) in [6, 6.07) is 10.0. The van der Waals surface area contributed by atoms with Crippen molar-refractivity contribution in [1.29, 1.82) is 0 Å². The van der Waals surface area contributed by atoms with Crippen molar-refractivity contribution in [2.24, 2.45) is 0 Å². The molecule has 0 bridgehead atoms. The van der Waals surface area contributed by atoms with Gasteiger partial charge in [-0.05, 0) is 26.0 Å². The lowest BCUT2D eigenvalue weighted by Crippen LogP contribution is -2.63. The van der Waals surface area contributed by atoms with E-state index < -0.39 is 5.97 Å². The van der Waals surface area contributed by atoms with Crippen molar-refractivity contribution in [2.75, 3.05) is 18.0 Å². The van der Waals surface area contributed by atoms with E-state index in [1.165, 1.54) is 0 Å². The van der Waals surface area contributed by atoms with E-state index in [0.717, 1.165) is 12.2 Å². The first-order valence-corrected chi connectivity index (χ1v) is 6.27. The second-order valence-electron chi connectivity index (χ2n) is 5.40. The quantitative estimate of drug-likeness (QED) is 0.855. The number of rotatable bonds is 3. The second kappa shape index (κ2) is 4.98. The summed E-state index contributed by atoms with van der Waals surface area (Å²) in [7, 11) is 0.